The monoisotopic (exact) mass is 226 g/mol. The molecule has 0 aliphatic carbocycles. The first-order valence-electron chi connectivity index (χ1n) is 6.07. The van der Waals surface area contributed by atoms with Gasteiger partial charge in [0.2, 0.25) is 11.8 Å². The van der Waals surface area contributed by atoms with Crippen LogP contribution in [-0.2, 0) is 9.59 Å². The van der Waals surface area contributed by atoms with Crippen LogP contribution in [0.5, 0.6) is 0 Å². The molecular weight excluding hydrogens is 204 g/mol. The molecule has 0 aromatic rings. The fourth-order valence-corrected chi connectivity index (χ4v) is 2.34. The predicted molar refractivity (Wildman–Crippen MR) is 62.9 cm³/mol. The number of rotatable bonds is 3. The number of hydrogen-bond donors (Lipinski definition) is 1. The smallest absolute Gasteiger partial charge is 0.245 e. The molecule has 0 aromatic carbocycles. The van der Waals surface area contributed by atoms with E-state index in [0.717, 1.165) is 6.42 Å². The van der Waals surface area contributed by atoms with Crippen LogP contribution in [-0.4, -0.2) is 35.3 Å². The highest BCUT2D eigenvalue weighted by Crippen LogP contribution is 2.17. The molecule has 4 heteroatoms. The first kappa shape index (κ1) is 13.0. The van der Waals surface area contributed by atoms with Crippen molar-refractivity contribution in [2.24, 2.45) is 5.92 Å². The van der Waals surface area contributed by atoms with Crippen LogP contribution in [0, 0.1) is 5.92 Å². The summed E-state index contributed by atoms with van der Waals surface area (Å²) in [6.07, 6.45) is 1.35. The number of carbonyl (C=O) groups excluding carboxylic acids is 2. The van der Waals surface area contributed by atoms with Crippen molar-refractivity contribution in [3.63, 3.8) is 0 Å². The van der Waals surface area contributed by atoms with Crippen molar-refractivity contribution in [3.05, 3.63) is 0 Å². The standard InChI is InChI=1S/C12H22N2O2/c1-5-10(8(2)3)14-7-6-11(15)13-9(4)12(14)16/h8-10H,5-7H2,1-4H3,(H,13,15). The normalized spacial score (nSPS) is 24.3. The van der Waals surface area contributed by atoms with Gasteiger partial charge in [0.1, 0.15) is 6.04 Å². The van der Waals surface area contributed by atoms with Crippen molar-refractivity contribution in [1.29, 1.82) is 0 Å². The molecule has 1 heterocycles. The van der Waals surface area contributed by atoms with E-state index >= 15 is 0 Å². The number of carbonyl (C=O) groups is 2. The second-order valence-corrected chi connectivity index (χ2v) is 4.79. The van der Waals surface area contributed by atoms with Crippen LogP contribution in [0.2, 0.25) is 0 Å². The SMILES string of the molecule is CCC(C(C)C)N1CCC(=O)NC(C)C1=O. The van der Waals surface area contributed by atoms with Crippen molar-refractivity contribution in [1.82, 2.24) is 10.2 Å². The number of amides is 2. The molecule has 0 bridgehead atoms. The summed E-state index contributed by atoms with van der Waals surface area (Å²) in [4.78, 5) is 25.4. The van der Waals surface area contributed by atoms with Gasteiger partial charge < -0.3 is 10.2 Å². The second kappa shape index (κ2) is 5.32. The van der Waals surface area contributed by atoms with Gasteiger partial charge in [-0.05, 0) is 19.3 Å². The zero-order valence-electron chi connectivity index (χ0n) is 10.6. The van der Waals surface area contributed by atoms with Crippen LogP contribution >= 0.6 is 0 Å². The van der Waals surface area contributed by atoms with E-state index in [1.165, 1.54) is 0 Å². The van der Waals surface area contributed by atoms with E-state index in [4.69, 9.17) is 0 Å². The minimum Gasteiger partial charge on any atom is -0.345 e. The fraction of sp³-hybridized carbons (Fsp3) is 0.833. The third-order valence-electron chi connectivity index (χ3n) is 3.20. The Kier molecular flexibility index (Phi) is 4.33. The first-order chi connectivity index (χ1) is 7.47. The maximum atomic E-state index is 12.1. The summed E-state index contributed by atoms with van der Waals surface area (Å²) in [5.74, 6) is 0.447. The third kappa shape index (κ3) is 2.74. The molecule has 1 saturated heterocycles. The molecule has 4 nitrogen and oxygen atoms in total. The molecule has 2 unspecified atom stereocenters. The van der Waals surface area contributed by atoms with E-state index in [-0.39, 0.29) is 23.9 Å². The lowest BCUT2D eigenvalue weighted by Crippen LogP contribution is -2.48. The maximum absolute atomic E-state index is 12.1. The van der Waals surface area contributed by atoms with Gasteiger partial charge in [-0.15, -0.1) is 0 Å². The summed E-state index contributed by atoms with van der Waals surface area (Å²) in [5.41, 5.74) is 0. The van der Waals surface area contributed by atoms with Gasteiger partial charge in [-0.3, -0.25) is 9.59 Å². The lowest BCUT2D eigenvalue weighted by molar-refractivity contribution is -0.136. The van der Waals surface area contributed by atoms with Gasteiger partial charge in [0.05, 0.1) is 0 Å². The van der Waals surface area contributed by atoms with Gasteiger partial charge >= 0.3 is 0 Å². The van der Waals surface area contributed by atoms with Crippen molar-refractivity contribution >= 4 is 11.8 Å². The van der Waals surface area contributed by atoms with E-state index in [1.807, 2.05) is 4.90 Å². The molecule has 2 atom stereocenters. The summed E-state index contributed by atoms with van der Waals surface area (Å²) in [7, 11) is 0. The summed E-state index contributed by atoms with van der Waals surface area (Å²) in [5, 5.41) is 2.71. The molecule has 1 N–H and O–H groups in total. The van der Waals surface area contributed by atoms with Crippen LogP contribution in [0.1, 0.15) is 40.5 Å². The second-order valence-electron chi connectivity index (χ2n) is 4.79. The van der Waals surface area contributed by atoms with Crippen LogP contribution in [0.25, 0.3) is 0 Å². The maximum Gasteiger partial charge on any atom is 0.245 e. The molecule has 0 aromatic heterocycles. The van der Waals surface area contributed by atoms with E-state index < -0.39 is 0 Å². The van der Waals surface area contributed by atoms with E-state index in [0.29, 0.717) is 18.9 Å². The van der Waals surface area contributed by atoms with Gasteiger partial charge in [-0.2, -0.15) is 0 Å². The van der Waals surface area contributed by atoms with Crippen molar-refractivity contribution < 1.29 is 9.59 Å². The zero-order valence-corrected chi connectivity index (χ0v) is 10.6. The molecule has 0 radical (unpaired) electrons. The molecule has 2 amide bonds. The van der Waals surface area contributed by atoms with E-state index in [1.54, 1.807) is 6.92 Å². The predicted octanol–water partition coefficient (Wildman–Crippen LogP) is 1.16. The van der Waals surface area contributed by atoms with Gasteiger partial charge in [0.15, 0.2) is 0 Å². The highest BCUT2D eigenvalue weighted by molar-refractivity contribution is 5.89. The van der Waals surface area contributed by atoms with Crippen LogP contribution in [0.15, 0.2) is 0 Å². The molecule has 1 rings (SSSR count). The van der Waals surface area contributed by atoms with Crippen LogP contribution in [0.3, 0.4) is 0 Å². The summed E-state index contributed by atoms with van der Waals surface area (Å²) < 4.78 is 0. The van der Waals surface area contributed by atoms with E-state index in [9.17, 15) is 9.59 Å². The average molecular weight is 226 g/mol. The number of nitrogens with zero attached hydrogens (tertiary/aromatic N) is 1. The largest absolute Gasteiger partial charge is 0.345 e. The lowest BCUT2D eigenvalue weighted by atomic mass is 9.99. The molecule has 0 saturated carbocycles. The minimum atomic E-state index is -0.386. The molecular formula is C12H22N2O2. The number of nitrogens with one attached hydrogen (secondary N) is 1. The fourth-order valence-electron chi connectivity index (χ4n) is 2.34. The Morgan fingerprint density at radius 2 is 2.06 bits per heavy atom. The summed E-state index contributed by atoms with van der Waals surface area (Å²) >= 11 is 0. The Labute approximate surface area is 97.4 Å². The Hall–Kier alpha value is -1.06. The van der Waals surface area contributed by atoms with Gasteiger partial charge in [0.25, 0.3) is 0 Å². The van der Waals surface area contributed by atoms with Crippen molar-refractivity contribution in [3.8, 4) is 0 Å². The van der Waals surface area contributed by atoms with Crippen LogP contribution < -0.4 is 5.32 Å². The molecule has 1 aliphatic rings. The van der Waals surface area contributed by atoms with Gasteiger partial charge in [-0.25, -0.2) is 0 Å². The minimum absolute atomic E-state index is 0.0260. The molecule has 92 valence electrons. The number of hydrogen-bond acceptors (Lipinski definition) is 2. The van der Waals surface area contributed by atoms with Gasteiger partial charge in [-0.1, -0.05) is 20.8 Å². The average Bonchev–Trinajstić information content (AvgIpc) is 2.32. The van der Waals surface area contributed by atoms with E-state index in [2.05, 4.69) is 26.1 Å². The first-order valence-corrected chi connectivity index (χ1v) is 6.07. The molecule has 16 heavy (non-hydrogen) atoms. The Bertz CT molecular complexity index is 276. The van der Waals surface area contributed by atoms with Gasteiger partial charge in [0, 0.05) is 19.0 Å². The third-order valence-corrected chi connectivity index (χ3v) is 3.20. The highest BCUT2D eigenvalue weighted by Gasteiger charge is 2.31. The molecule has 0 spiro atoms. The zero-order chi connectivity index (χ0) is 12.3. The lowest BCUT2D eigenvalue weighted by Gasteiger charge is -2.33. The Balaban J connectivity index is 2.84. The quantitative estimate of drug-likeness (QED) is 0.785. The van der Waals surface area contributed by atoms with Crippen molar-refractivity contribution in [2.75, 3.05) is 6.54 Å². The highest BCUT2D eigenvalue weighted by atomic mass is 16.2. The molecule has 1 fully saturated rings. The summed E-state index contributed by atoms with van der Waals surface area (Å²) in [6, 6.07) is -0.148. The topological polar surface area (TPSA) is 49.4 Å². The van der Waals surface area contributed by atoms with Crippen LogP contribution in [0.4, 0.5) is 0 Å². The Morgan fingerprint density at radius 3 is 2.56 bits per heavy atom. The molecule has 1 aliphatic heterocycles. The summed E-state index contributed by atoms with van der Waals surface area (Å²) in [6.45, 7) is 8.62. The Morgan fingerprint density at radius 1 is 1.44 bits per heavy atom. The van der Waals surface area contributed by atoms with Crippen molar-refractivity contribution in [2.45, 2.75) is 52.6 Å².